The average molecular weight is 423 g/mol. The van der Waals surface area contributed by atoms with Crippen molar-refractivity contribution in [2.45, 2.75) is 5.16 Å². The molecule has 27 heavy (non-hydrogen) atoms. The minimum Gasteiger partial charge on any atom is -0.395 e. The van der Waals surface area contributed by atoms with Gasteiger partial charge in [0.05, 0.1) is 17.4 Å². The molecule has 1 amide bonds. The number of aliphatic hydroxyl groups is 1. The molecule has 0 bridgehead atoms. The average Bonchev–Trinajstić information content (AvgIpc) is 3.09. The molecule has 0 saturated heterocycles. The number of para-hydroxylation sites is 1. The van der Waals surface area contributed by atoms with Crippen LogP contribution in [0.1, 0.15) is 0 Å². The number of nitrogens with one attached hydrogen (secondary N) is 1. The Kier molecular flexibility index (Phi) is 6.73. The maximum absolute atomic E-state index is 11.9. The number of carbonyl (C=O) groups is 1. The first kappa shape index (κ1) is 19.7. The summed E-state index contributed by atoms with van der Waals surface area (Å²) in [5, 5.41) is 21.5. The van der Waals surface area contributed by atoms with E-state index in [0.717, 1.165) is 5.69 Å². The highest BCUT2D eigenvalue weighted by Gasteiger charge is 2.19. The number of rotatable bonds is 7. The molecule has 140 valence electrons. The van der Waals surface area contributed by atoms with Crippen LogP contribution in [0.5, 0.6) is 0 Å². The van der Waals surface area contributed by atoms with Crippen LogP contribution in [0.2, 0.25) is 10.0 Å². The first-order valence-corrected chi connectivity index (χ1v) is 9.81. The molecule has 0 atom stereocenters. The molecule has 0 aliphatic heterocycles. The van der Waals surface area contributed by atoms with E-state index in [1.165, 1.54) is 11.8 Å². The van der Waals surface area contributed by atoms with E-state index in [4.69, 9.17) is 28.3 Å². The number of hydrogen-bond acceptors (Lipinski definition) is 5. The van der Waals surface area contributed by atoms with Crippen molar-refractivity contribution in [1.82, 2.24) is 20.1 Å². The summed E-state index contributed by atoms with van der Waals surface area (Å²) in [6.45, 7) is 0.117. The van der Waals surface area contributed by atoms with E-state index >= 15 is 0 Å². The molecule has 0 aliphatic rings. The molecule has 2 N–H and O–H groups in total. The minimum absolute atomic E-state index is 0.101. The molecule has 0 saturated carbocycles. The van der Waals surface area contributed by atoms with Crippen molar-refractivity contribution in [3.8, 4) is 17.1 Å². The predicted octanol–water partition coefficient (Wildman–Crippen LogP) is 3.44. The van der Waals surface area contributed by atoms with Gasteiger partial charge >= 0.3 is 0 Å². The maximum Gasteiger partial charge on any atom is 0.230 e. The summed E-state index contributed by atoms with van der Waals surface area (Å²) in [6.07, 6.45) is 0. The SMILES string of the molecule is O=C(CSc1nnc(-c2ccc(Cl)cc2Cl)n1-c1ccccc1)NCCO. The summed E-state index contributed by atoms with van der Waals surface area (Å²) in [6, 6.07) is 14.8. The standard InChI is InChI=1S/C18H16Cl2N4O2S/c19-12-6-7-14(15(20)10-12)17-22-23-18(27-11-16(26)21-8-9-25)24(17)13-4-2-1-3-5-13/h1-7,10,25H,8-9,11H2,(H,21,26). The summed E-state index contributed by atoms with van der Waals surface area (Å²) < 4.78 is 1.85. The molecule has 0 spiro atoms. The normalized spacial score (nSPS) is 10.8. The van der Waals surface area contributed by atoms with Gasteiger partial charge in [0.2, 0.25) is 5.91 Å². The van der Waals surface area contributed by atoms with Crippen LogP contribution in [-0.2, 0) is 4.79 Å². The van der Waals surface area contributed by atoms with Crippen LogP contribution in [0.25, 0.3) is 17.1 Å². The highest BCUT2D eigenvalue weighted by molar-refractivity contribution is 7.99. The molecule has 1 aromatic heterocycles. The lowest BCUT2D eigenvalue weighted by atomic mass is 10.2. The second-order valence-electron chi connectivity index (χ2n) is 5.46. The third-order valence-electron chi connectivity index (χ3n) is 3.59. The largest absolute Gasteiger partial charge is 0.395 e. The molecule has 1 heterocycles. The van der Waals surface area contributed by atoms with Gasteiger partial charge in [-0.1, -0.05) is 53.2 Å². The fraction of sp³-hybridized carbons (Fsp3) is 0.167. The van der Waals surface area contributed by atoms with E-state index in [1.807, 2.05) is 34.9 Å². The molecule has 9 heteroatoms. The highest BCUT2D eigenvalue weighted by Crippen LogP contribution is 2.33. The Hall–Kier alpha value is -2.06. The minimum atomic E-state index is -0.192. The highest BCUT2D eigenvalue weighted by atomic mass is 35.5. The molecule has 0 radical (unpaired) electrons. The molecule has 0 aliphatic carbocycles. The molecular formula is C18H16Cl2N4O2S. The van der Waals surface area contributed by atoms with Crippen LogP contribution < -0.4 is 5.32 Å². The number of hydrogen-bond donors (Lipinski definition) is 2. The number of amides is 1. The first-order chi connectivity index (χ1) is 13.1. The van der Waals surface area contributed by atoms with Gasteiger partial charge in [0.15, 0.2) is 11.0 Å². The van der Waals surface area contributed by atoms with Gasteiger partial charge in [0.25, 0.3) is 0 Å². The summed E-state index contributed by atoms with van der Waals surface area (Å²) in [7, 11) is 0. The molecule has 3 aromatic rings. The van der Waals surface area contributed by atoms with Gasteiger partial charge in [-0.2, -0.15) is 0 Å². The molecule has 6 nitrogen and oxygen atoms in total. The second kappa shape index (κ2) is 9.23. The number of halogens is 2. The Morgan fingerprint density at radius 1 is 1.15 bits per heavy atom. The van der Waals surface area contributed by atoms with Crippen LogP contribution in [0.3, 0.4) is 0 Å². The lowest BCUT2D eigenvalue weighted by molar-refractivity contribution is -0.118. The predicted molar refractivity (Wildman–Crippen MR) is 108 cm³/mol. The van der Waals surface area contributed by atoms with Crippen molar-refractivity contribution in [1.29, 1.82) is 0 Å². The van der Waals surface area contributed by atoms with E-state index in [0.29, 0.717) is 26.6 Å². The van der Waals surface area contributed by atoms with Crippen LogP contribution in [-0.4, -0.2) is 44.7 Å². The molecule has 3 rings (SSSR count). The maximum atomic E-state index is 11.9. The van der Waals surface area contributed by atoms with Gasteiger partial charge in [-0.05, 0) is 30.3 Å². The van der Waals surface area contributed by atoms with Crippen molar-refractivity contribution in [3.05, 3.63) is 58.6 Å². The number of aliphatic hydroxyl groups excluding tert-OH is 1. The van der Waals surface area contributed by atoms with Gasteiger partial charge in [-0.15, -0.1) is 10.2 Å². The number of thioether (sulfide) groups is 1. The zero-order valence-electron chi connectivity index (χ0n) is 14.1. The Bertz CT molecular complexity index is 934. The van der Waals surface area contributed by atoms with E-state index in [-0.39, 0.29) is 24.8 Å². The van der Waals surface area contributed by atoms with E-state index in [1.54, 1.807) is 18.2 Å². The van der Waals surface area contributed by atoms with Gasteiger partial charge in [0, 0.05) is 22.8 Å². The van der Waals surface area contributed by atoms with Crippen molar-refractivity contribution in [2.24, 2.45) is 0 Å². The van der Waals surface area contributed by atoms with Crippen molar-refractivity contribution < 1.29 is 9.90 Å². The third-order valence-corrected chi connectivity index (χ3v) is 5.06. The zero-order valence-corrected chi connectivity index (χ0v) is 16.4. The van der Waals surface area contributed by atoms with E-state index in [9.17, 15) is 4.79 Å². The lowest BCUT2D eigenvalue weighted by Gasteiger charge is -2.11. The topological polar surface area (TPSA) is 80.0 Å². The van der Waals surface area contributed by atoms with Crippen molar-refractivity contribution >= 4 is 40.9 Å². The smallest absolute Gasteiger partial charge is 0.230 e. The molecule has 2 aromatic carbocycles. The summed E-state index contributed by atoms with van der Waals surface area (Å²) in [5.74, 6) is 0.517. The summed E-state index contributed by atoms with van der Waals surface area (Å²) >= 11 is 13.6. The lowest BCUT2D eigenvalue weighted by Crippen LogP contribution is -2.28. The molecule has 0 fully saturated rings. The number of benzene rings is 2. The monoisotopic (exact) mass is 422 g/mol. The number of nitrogens with zero attached hydrogens (tertiary/aromatic N) is 3. The second-order valence-corrected chi connectivity index (χ2v) is 7.25. The van der Waals surface area contributed by atoms with E-state index in [2.05, 4.69) is 15.5 Å². The van der Waals surface area contributed by atoms with Crippen LogP contribution in [0, 0.1) is 0 Å². The van der Waals surface area contributed by atoms with Crippen LogP contribution in [0.15, 0.2) is 53.7 Å². The molecule has 0 unspecified atom stereocenters. The number of carbonyl (C=O) groups excluding carboxylic acids is 1. The molecular weight excluding hydrogens is 407 g/mol. The summed E-state index contributed by atoms with van der Waals surface area (Å²) in [4.78, 5) is 11.9. The van der Waals surface area contributed by atoms with E-state index < -0.39 is 0 Å². The van der Waals surface area contributed by atoms with Crippen molar-refractivity contribution in [3.63, 3.8) is 0 Å². The van der Waals surface area contributed by atoms with Gasteiger partial charge in [-0.25, -0.2) is 0 Å². The van der Waals surface area contributed by atoms with Crippen LogP contribution >= 0.6 is 35.0 Å². The number of aromatic nitrogens is 3. The van der Waals surface area contributed by atoms with Gasteiger partial charge in [-0.3, -0.25) is 9.36 Å². The Labute approximate surface area is 170 Å². The zero-order chi connectivity index (χ0) is 19.2. The third kappa shape index (κ3) is 4.81. The van der Waals surface area contributed by atoms with Crippen molar-refractivity contribution in [2.75, 3.05) is 18.9 Å². The van der Waals surface area contributed by atoms with Gasteiger partial charge < -0.3 is 10.4 Å². The quantitative estimate of drug-likeness (QED) is 0.570. The fourth-order valence-corrected chi connectivity index (χ4v) is 3.67. The first-order valence-electron chi connectivity index (χ1n) is 8.06. The Balaban J connectivity index is 1.97. The Morgan fingerprint density at radius 3 is 2.63 bits per heavy atom. The summed E-state index contributed by atoms with van der Waals surface area (Å²) in [5.41, 5.74) is 1.54. The van der Waals surface area contributed by atoms with Gasteiger partial charge in [0.1, 0.15) is 0 Å². The van der Waals surface area contributed by atoms with Crippen LogP contribution in [0.4, 0.5) is 0 Å². The fourth-order valence-electron chi connectivity index (χ4n) is 2.39. The Morgan fingerprint density at radius 2 is 1.93 bits per heavy atom.